The SMILES string of the molecule is Clc1ccc(Cl)c(-c2cccc(N3CCOCC3)c2)c1. The van der Waals surface area contributed by atoms with Crippen LogP contribution in [0.2, 0.25) is 10.0 Å². The van der Waals surface area contributed by atoms with Crippen molar-refractivity contribution in [3.8, 4) is 11.1 Å². The highest BCUT2D eigenvalue weighted by atomic mass is 35.5. The number of morpholine rings is 1. The lowest BCUT2D eigenvalue weighted by atomic mass is 10.0. The summed E-state index contributed by atoms with van der Waals surface area (Å²) in [7, 11) is 0. The Bertz CT molecular complexity index is 609. The Kier molecular flexibility index (Phi) is 4.16. The van der Waals surface area contributed by atoms with Gasteiger partial charge in [0.15, 0.2) is 0 Å². The topological polar surface area (TPSA) is 12.5 Å². The molecule has 0 aromatic heterocycles. The van der Waals surface area contributed by atoms with Crippen molar-refractivity contribution in [3.05, 3.63) is 52.5 Å². The Labute approximate surface area is 128 Å². The molecule has 1 aliphatic heterocycles. The first kappa shape index (κ1) is 13.7. The van der Waals surface area contributed by atoms with Crippen molar-refractivity contribution in [2.45, 2.75) is 0 Å². The number of hydrogen-bond acceptors (Lipinski definition) is 2. The summed E-state index contributed by atoms with van der Waals surface area (Å²) >= 11 is 12.3. The summed E-state index contributed by atoms with van der Waals surface area (Å²) < 4.78 is 5.39. The summed E-state index contributed by atoms with van der Waals surface area (Å²) in [5.41, 5.74) is 3.25. The van der Waals surface area contributed by atoms with Crippen LogP contribution in [0.5, 0.6) is 0 Å². The van der Waals surface area contributed by atoms with Gasteiger partial charge in [0, 0.05) is 34.4 Å². The third-order valence-electron chi connectivity index (χ3n) is 3.46. The fraction of sp³-hybridized carbons (Fsp3) is 0.250. The van der Waals surface area contributed by atoms with Crippen LogP contribution >= 0.6 is 23.2 Å². The van der Waals surface area contributed by atoms with Crippen LogP contribution in [-0.2, 0) is 4.74 Å². The molecule has 1 fully saturated rings. The Hall–Kier alpha value is -1.22. The van der Waals surface area contributed by atoms with Crippen LogP contribution in [0.3, 0.4) is 0 Å². The Morgan fingerprint density at radius 1 is 0.950 bits per heavy atom. The van der Waals surface area contributed by atoms with E-state index in [9.17, 15) is 0 Å². The second-order valence-corrected chi connectivity index (χ2v) is 5.62. The van der Waals surface area contributed by atoms with Crippen LogP contribution in [0.15, 0.2) is 42.5 Å². The Morgan fingerprint density at radius 2 is 1.75 bits per heavy atom. The summed E-state index contributed by atoms with van der Waals surface area (Å²) in [6.07, 6.45) is 0. The van der Waals surface area contributed by atoms with Crippen LogP contribution in [0, 0.1) is 0 Å². The maximum absolute atomic E-state index is 6.28. The van der Waals surface area contributed by atoms with Crippen molar-refractivity contribution in [3.63, 3.8) is 0 Å². The first-order chi connectivity index (χ1) is 9.74. The standard InChI is InChI=1S/C16H15Cl2NO/c17-13-4-5-16(18)15(11-13)12-2-1-3-14(10-12)19-6-8-20-9-7-19/h1-5,10-11H,6-9H2. The van der Waals surface area contributed by atoms with Crippen molar-refractivity contribution in [2.24, 2.45) is 0 Å². The van der Waals surface area contributed by atoms with Gasteiger partial charge < -0.3 is 9.64 Å². The molecule has 1 aliphatic rings. The minimum Gasteiger partial charge on any atom is -0.378 e. The molecule has 104 valence electrons. The predicted molar refractivity (Wildman–Crippen MR) is 84.9 cm³/mol. The quantitative estimate of drug-likeness (QED) is 0.810. The maximum atomic E-state index is 6.28. The van der Waals surface area contributed by atoms with E-state index in [1.54, 1.807) is 6.07 Å². The molecule has 0 bridgehead atoms. The lowest BCUT2D eigenvalue weighted by Crippen LogP contribution is -2.36. The van der Waals surface area contributed by atoms with E-state index in [0.29, 0.717) is 10.0 Å². The largest absolute Gasteiger partial charge is 0.378 e. The molecular weight excluding hydrogens is 293 g/mol. The normalized spacial score (nSPS) is 15.4. The molecule has 0 aliphatic carbocycles. The number of rotatable bonds is 2. The lowest BCUT2D eigenvalue weighted by Gasteiger charge is -2.29. The molecular formula is C16H15Cl2NO. The van der Waals surface area contributed by atoms with Crippen molar-refractivity contribution >= 4 is 28.9 Å². The third kappa shape index (κ3) is 2.93. The third-order valence-corrected chi connectivity index (χ3v) is 4.03. The van der Waals surface area contributed by atoms with Gasteiger partial charge >= 0.3 is 0 Å². The van der Waals surface area contributed by atoms with Gasteiger partial charge in [-0.15, -0.1) is 0 Å². The molecule has 3 rings (SSSR count). The molecule has 0 amide bonds. The van der Waals surface area contributed by atoms with Crippen LogP contribution < -0.4 is 4.90 Å². The minimum absolute atomic E-state index is 0.696. The molecule has 2 nitrogen and oxygen atoms in total. The highest BCUT2D eigenvalue weighted by Gasteiger charge is 2.12. The van der Waals surface area contributed by atoms with E-state index in [1.807, 2.05) is 12.1 Å². The van der Waals surface area contributed by atoms with Crippen LogP contribution in [-0.4, -0.2) is 26.3 Å². The summed E-state index contributed by atoms with van der Waals surface area (Å²) in [6, 6.07) is 13.9. The molecule has 2 aromatic carbocycles. The van der Waals surface area contributed by atoms with Gasteiger partial charge in [0.2, 0.25) is 0 Å². The van der Waals surface area contributed by atoms with E-state index < -0.39 is 0 Å². The highest BCUT2D eigenvalue weighted by Crippen LogP contribution is 2.32. The Balaban J connectivity index is 1.96. The summed E-state index contributed by atoms with van der Waals surface area (Å²) in [5, 5.41) is 1.41. The molecule has 1 saturated heterocycles. The van der Waals surface area contributed by atoms with Gasteiger partial charge in [0.25, 0.3) is 0 Å². The second-order valence-electron chi connectivity index (χ2n) is 4.77. The number of anilines is 1. The molecule has 0 N–H and O–H groups in total. The fourth-order valence-corrected chi connectivity index (χ4v) is 2.81. The molecule has 0 saturated carbocycles. The molecule has 4 heteroatoms. The molecule has 0 atom stereocenters. The van der Waals surface area contributed by atoms with Crippen molar-refractivity contribution in [1.29, 1.82) is 0 Å². The monoisotopic (exact) mass is 307 g/mol. The maximum Gasteiger partial charge on any atom is 0.0642 e. The van der Waals surface area contributed by atoms with E-state index in [4.69, 9.17) is 27.9 Å². The predicted octanol–water partition coefficient (Wildman–Crippen LogP) is 4.50. The van der Waals surface area contributed by atoms with Gasteiger partial charge in [-0.25, -0.2) is 0 Å². The summed E-state index contributed by atoms with van der Waals surface area (Å²) in [5.74, 6) is 0. The zero-order chi connectivity index (χ0) is 13.9. The van der Waals surface area contributed by atoms with Crippen molar-refractivity contribution < 1.29 is 4.74 Å². The van der Waals surface area contributed by atoms with E-state index >= 15 is 0 Å². The van der Waals surface area contributed by atoms with Gasteiger partial charge in [-0.05, 0) is 35.9 Å². The second kappa shape index (κ2) is 6.04. The number of nitrogens with zero attached hydrogens (tertiary/aromatic N) is 1. The number of halogens is 2. The molecule has 0 spiro atoms. The highest BCUT2D eigenvalue weighted by molar-refractivity contribution is 6.35. The molecule has 2 aromatic rings. The van der Waals surface area contributed by atoms with Crippen LogP contribution in [0.25, 0.3) is 11.1 Å². The molecule has 1 heterocycles. The fourth-order valence-electron chi connectivity index (χ4n) is 2.41. The van der Waals surface area contributed by atoms with Crippen molar-refractivity contribution in [1.82, 2.24) is 0 Å². The zero-order valence-corrected chi connectivity index (χ0v) is 12.5. The van der Waals surface area contributed by atoms with Gasteiger partial charge in [0.05, 0.1) is 13.2 Å². The average molecular weight is 308 g/mol. The summed E-state index contributed by atoms with van der Waals surface area (Å²) in [6.45, 7) is 3.41. The number of hydrogen-bond donors (Lipinski definition) is 0. The number of ether oxygens (including phenoxy) is 1. The summed E-state index contributed by atoms with van der Waals surface area (Å²) in [4.78, 5) is 2.32. The Morgan fingerprint density at radius 3 is 2.55 bits per heavy atom. The molecule has 0 unspecified atom stereocenters. The van der Waals surface area contributed by atoms with Gasteiger partial charge in [-0.1, -0.05) is 35.3 Å². The lowest BCUT2D eigenvalue weighted by molar-refractivity contribution is 0.122. The van der Waals surface area contributed by atoms with Gasteiger partial charge in [-0.3, -0.25) is 0 Å². The average Bonchev–Trinajstić information content (AvgIpc) is 2.51. The van der Waals surface area contributed by atoms with E-state index in [-0.39, 0.29) is 0 Å². The van der Waals surface area contributed by atoms with Crippen LogP contribution in [0.4, 0.5) is 5.69 Å². The van der Waals surface area contributed by atoms with Crippen molar-refractivity contribution in [2.75, 3.05) is 31.2 Å². The van der Waals surface area contributed by atoms with Crippen LogP contribution in [0.1, 0.15) is 0 Å². The first-order valence-electron chi connectivity index (χ1n) is 6.62. The molecule has 20 heavy (non-hydrogen) atoms. The molecule has 0 radical (unpaired) electrons. The van der Waals surface area contributed by atoms with Gasteiger partial charge in [0.1, 0.15) is 0 Å². The zero-order valence-electron chi connectivity index (χ0n) is 11.0. The first-order valence-corrected chi connectivity index (χ1v) is 7.38. The van der Waals surface area contributed by atoms with E-state index in [0.717, 1.165) is 37.4 Å². The van der Waals surface area contributed by atoms with E-state index in [1.165, 1.54) is 5.69 Å². The van der Waals surface area contributed by atoms with E-state index in [2.05, 4.69) is 29.2 Å². The number of benzene rings is 2. The van der Waals surface area contributed by atoms with Gasteiger partial charge in [-0.2, -0.15) is 0 Å². The smallest absolute Gasteiger partial charge is 0.0642 e. The minimum atomic E-state index is 0.696.